The van der Waals surface area contributed by atoms with Crippen molar-refractivity contribution in [3.8, 4) is 11.3 Å². The van der Waals surface area contributed by atoms with Crippen LogP contribution < -0.4 is 5.73 Å². The average molecular weight is 416 g/mol. The molecule has 2 N–H and O–H groups in total. The summed E-state index contributed by atoms with van der Waals surface area (Å²) >= 11 is 0. The van der Waals surface area contributed by atoms with Crippen molar-refractivity contribution < 1.29 is 4.79 Å². The molecule has 0 saturated heterocycles. The minimum absolute atomic E-state index is 0.0710. The SMILES string of the molecule is Cc1ccc(-c2nc3ccc(C)cn3c2CC(=O)N(C)C)cc1.Cc1ccc(N)nc1. The molecule has 3 heterocycles. The molecule has 0 aliphatic rings. The predicted octanol–water partition coefficient (Wildman–Crippen LogP) is 4.22. The van der Waals surface area contributed by atoms with Crippen LogP contribution in [-0.2, 0) is 11.2 Å². The monoisotopic (exact) mass is 415 g/mol. The summed E-state index contributed by atoms with van der Waals surface area (Å²) in [5, 5.41) is 0. The van der Waals surface area contributed by atoms with Gasteiger partial charge in [0.25, 0.3) is 0 Å². The number of likely N-dealkylation sites (N-methyl/N-ethyl adjacent to an activating group) is 1. The lowest BCUT2D eigenvalue weighted by molar-refractivity contribution is -0.128. The Morgan fingerprint density at radius 1 is 0.935 bits per heavy atom. The molecule has 0 fully saturated rings. The number of nitrogens with two attached hydrogens (primary N) is 1. The lowest BCUT2D eigenvalue weighted by atomic mass is 10.1. The fraction of sp³-hybridized carbons (Fsp3) is 0.240. The van der Waals surface area contributed by atoms with Gasteiger partial charge in [-0.05, 0) is 44.0 Å². The molecule has 0 aliphatic carbocycles. The Bertz CT molecular complexity index is 1150. The number of pyridine rings is 2. The van der Waals surface area contributed by atoms with E-state index >= 15 is 0 Å². The van der Waals surface area contributed by atoms with E-state index in [1.165, 1.54) is 5.56 Å². The Morgan fingerprint density at radius 2 is 1.58 bits per heavy atom. The van der Waals surface area contributed by atoms with Gasteiger partial charge in [-0.2, -0.15) is 0 Å². The molecule has 160 valence electrons. The van der Waals surface area contributed by atoms with Crippen LogP contribution in [0.25, 0.3) is 16.9 Å². The first-order valence-electron chi connectivity index (χ1n) is 10.2. The number of aryl methyl sites for hydroxylation is 3. The largest absolute Gasteiger partial charge is 0.384 e. The molecule has 6 heteroatoms. The lowest BCUT2D eigenvalue weighted by Gasteiger charge is -2.11. The summed E-state index contributed by atoms with van der Waals surface area (Å²) in [4.78, 5) is 22.5. The highest BCUT2D eigenvalue weighted by Gasteiger charge is 2.18. The Labute approximate surface area is 183 Å². The van der Waals surface area contributed by atoms with Gasteiger partial charge in [-0.3, -0.25) is 4.79 Å². The van der Waals surface area contributed by atoms with Crippen LogP contribution in [-0.4, -0.2) is 39.3 Å². The maximum Gasteiger partial charge on any atom is 0.228 e. The molecule has 0 aliphatic heterocycles. The first-order valence-corrected chi connectivity index (χ1v) is 10.2. The molecule has 0 saturated carbocycles. The van der Waals surface area contributed by atoms with Crippen molar-refractivity contribution in [2.24, 2.45) is 0 Å². The predicted molar refractivity (Wildman–Crippen MR) is 126 cm³/mol. The topological polar surface area (TPSA) is 76.5 Å². The number of fused-ring (bicyclic) bond motifs is 1. The summed E-state index contributed by atoms with van der Waals surface area (Å²) in [5.41, 5.74) is 12.5. The molecule has 0 radical (unpaired) electrons. The molecule has 4 aromatic rings. The number of anilines is 1. The fourth-order valence-electron chi connectivity index (χ4n) is 3.09. The molecule has 0 atom stereocenters. The van der Waals surface area contributed by atoms with Crippen molar-refractivity contribution in [3.05, 3.63) is 83.3 Å². The Kier molecular flexibility index (Phi) is 6.70. The van der Waals surface area contributed by atoms with Crippen LogP contribution in [0.5, 0.6) is 0 Å². The van der Waals surface area contributed by atoms with Crippen molar-refractivity contribution in [1.82, 2.24) is 19.3 Å². The van der Waals surface area contributed by atoms with E-state index in [1.807, 2.05) is 42.6 Å². The van der Waals surface area contributed by atoms with Gasteiger partial charge >= 0.3 is 0 Å². The van der Waals surface area contributed by atoms with E-state index in [-0.39, 0.29) is 5.91 Å². The van der Waals surface area contributed by atoms with E-state index in [4.69, 9.17) is 10.7 Å². The van der Waals surface area contributed by atoms with Crippen molar-refractivity contribution >= 4 is 17.4 Å². The van der Waals surface area contributed by atoms with Gasteiger partial charge in [0.15, 0.2) is 0 Å². The van der Waals surface area contributed by atoms with E-state index in [0.29, 0.717) is 12.2 Å². The molecule has 3 aromatic heterocycles. The average Bonchev–Trinajstić information content (AvgIpc) is 3.08. The number of carbonyl (C=O) groups excluding carboxylic acids is 1. The third-order valence-corrected chi connectivity index (χ3v) is 4.94. The summed E-state index contributed by atoms with van der Waals surface area (Å²) in [5.74, 6) is 0.650. The van der Waals surface area contributed by atoms with E-state index in [9.17, 15) is 4.79 Å². The van der Waals surface area contributed by atoms with Crippen molar-refractivity contribution in [3.63, 3.8) is 0 Å². The van der Waals surface area contributed by atoms with Gasteiger partial charge in [0.05, 0.1) is 17.8 Å². The summed E-state index contributed by atoms with van der Waals surface area (Å²) in [6, 6.07) is 16.0. The van der Waals surface area contributed by atoms with Gasteiger partial charge in [-0.1, -0.05) is 42.0 Å². The van der Waals surface area contributed by atoms with Gasteiger partial charge in [-0.25, -0.2) is 9.97 Å². The maximum absolute atomic E-state index is 12.3. The Morgan fingerprint density at radius 3 is 2.16 bits per heavy atom. The molecule has 1 aromatic carbocycles. The van der Waals surface area contributed by atoms with Crippen LogP contribution in [0.2, 0.25) is 0 Å². The highest BCUT2D eigenvalue weighted by molar-refractivity contribution is 5.81. The molecule has 4 rings (SSSR count). The molecule has 0 spiro atoms. The number of carbonyl (C=O) groups is 1. The highest BCUT2D eigenvalue weighted by atomic mass is 16.2. The normalized spacial score (nSPS) is 10.5. The first-order chi connectivity index (χ1) is 14.7. The zero-order chi connectivity index (χ0) is 22.5. The number of aromatic nitrogens is 3. The minimum Gasteiger partial charge on any atom is -0.384 e. The second-order valence-corrected chi connectivity index (χ2v) is 7.93. The van der Waals surface area contributed by atoms with E-state index < -0.39 is 0 Å². The van der Waals surface area contributed by atoms with Crippen LogP contribution in [0, 0.1) is 20.8 Å². The van der Waals surface area contributed by atoms with Crippen LogP contribution in [0.4, 0.5) is 5.82 Å². The molecule has 0 bridgehead atoms. The molecule has 31 heavy (non-hydrogen) atoms. The van der Waals surface area contributed by atoms with Gasteiger partial charge in [-0.15, -0.1) is 0 Å². The molecule has 0 unspecified atom stereocenters. The second-order valence-electron chi connectivity index (χ2n) is 7.93. The van der Waals surface area contributed by atoms with Crippen LogP contribution in [0.3, 0.4) is 0 Å². The summed E-state index contributed by atoms with van der Waals surface area (Å²) in [6.07, 6.45) is 4.12. The molecular formula is C25H29N5O. The van der Waals surface area contributed by atoms with Gasteiger partial charge < -0.3 is 15.0 Å². The van der Waals surface area contributed by atoms with E-state index in [1.54, 1.807) is 31.3 Å². The minimum atomic E-state index is 0.0710. The number of benzene rings is 1. The number of imidazole rings is 1. The van der Waals surface area contributed by atoms with Gasteiger partial charge in [0.1, 0.15) is 11.5 Å². The number of rotatable bonds is 3. The van der Waals surface area contributed by atoms with Crippen molar-refractivity contribution in [1.29, 1.82) is 0 Å². The van der Waals surface area contributed by atoms with Crippen LogP contribution >= 0.6 is 0 Å². The van der Waals surface area contributed by atoms with E-state index in [0.717, 1.165) is 33.7 Å². The van der Waals surface area contributed by atoms with Crippen LogP contribution in [0.1, 0.15) is 22.4 Å². The van der Waals surface area contributed by atoms with Crippen LogP contribution in [0.15, 0.2) is 60.9 Å². The Hall–Kier alpha value is -3.67. The third-order valence-electron chi connectivity index (χ3n) is 4.94. The fourth-order valence-corrected chi connectivity index (χ4v) is 3.09. The number of amides is 1. The zero-order valence-corrected chi connectivity index (χ0v) is 18.8. The zero-order valence-electron chi connectivity index (χ0n) is 18.8. The van der Waals surface area contributed by atoms with E-state index in [2.05, 4.69) is 36.2 Å². The molecule has 6 nitrogen and oxygen atoms in total. The molecular weight excluding hydrogens is 386 g/mol. The number of hydrogen-bond donors (Lipinski definition) is 1. The summed E-state index contributed by atoms with van der Waals surface area (Å²) in [6.45, 7) is 6.09. The first kappa shape index (κ1) is 22.0. The van der Waals surface area contributed by atoms with Gasteiger partial charge in [0.2, 0.25) is 5.91 Å². The smallest absolute Gasteiger partial charge is 0.228 e. The van der Waals surface area contributed by atoms with Crippen molar-refractivity contribution in [2.75, 3.05) is 19.8 Å². The molecule has 1 amide bonds. The van der Waals surface area contributed by atoms with Gasteiger partial charge in [0, 0.05) is 32.1 Å². The third kappa shape index (κ3) is 5.48. The van der Waals surface area contributed by atoms with Crippen molar-refractivity contribution in [2.45, 2.75) is 27.2 Å². The number of hydrogen-bond acceptors (Lipinski definition) is 4. The highest BCUT2D eigenvalue weighted by Crippen LogP contribution is 2.26. The number of nitrogens with zero attached hydrogens (tertiary/aromatic N) is 4. The second kappa shape index (κ2) is 9.43. The Balaban J connectivity index is 0.000000287. The summed E-state index contributed by atoms with van der Waals surface area (Å²) < 4.78 is 2.03. The quantitative estimate of drug-likeness (QED) is 0.543. The maximum atomic E-state index is 12.3. The summed E-state index contributed by atoms with van der Waals surface area (Å²) in [7, 11) is 3.56. The standard InChI is InChI=1S/C19H21N3O.C6H8N2/c1-13-5-8-15(9-6-13)19-16(11-18(23)21(3)4)22-12-14(2)7-10-17(22)20-19;1-5-2-3-6(7)8-4-5/h5-10,12H,11H2,1-4H3;2-4H,1H3,(H2,7,8). The number of nitrogen functional groups attached to an aromatic ring is 1. The lowest BCUT2D eigenvalue weighted by Crippen LogP contribution is -2.24.